The molecular formula is C20H25BrN6O. The lowest BCUT2D eigenvalue weighted by Crippen LogP contribution is -2.49. The monoisotopic (exact) mass is 444 g/mol. The zero-order valence-electron chi connectivity index (χ0n) is 16.1. The Balaban J connectivity index is 1.36. The number of halogens is 1. The van der Waals surface area contributed by atoms with Crippen molar-refractivity contribution in [3.8, 4) is 0 Å². The third-order valence-electron chi connectivity index (χ3n) is 5.58. The van der Waals surface area contributed by atoms with Crippen molar-refractivity contribution < 1.29 is 4.79 Å². The van der Waals surface area contributed by atoms with E-state index in [4.69, 9.17) is 0 Å². The molecule has 2 aliphatic rings. The lowest BCUT2D eigenvalue weighted by Gasteiger charge is -2.36. The number of piperidine rings is 1. The first-order valence-electron chi connectivity index (χ1n) is 9.87. The van der Waals surface area contributed by atoms with E-state index in [-0.39, 0.29) is 5.91 Å². The fourth-order valence-electron chi connectivity index (χ4n) is 3.93. The molecule has 0 aliphatic carbocycles. The average Bonchev–Trinajstić information content (AvgIpc) is 2.74. The van der Waals surface area contributed by atoms with Gasteiger partial charge in [-0.1, -0.05) is 0 Å². The summed E-state index contributed by atoms with van der Waals surface area (Å²) in [4.78, 5) is 23.2. The van der Waals surface area contributed by atoms with Gasteiger partial charge < -0.3 is 14.7 Å². The molecule has 0 aromatic carbocycles. The number of amides is 1. The van der Waals surface area contributed by atoms with Gasteiger partial charge in [0.1, 0.15) is 0 Å². The van der Waals surface area contributed by atoms with Crippen LogP contribution in [0.2, 0.25) is 0 Å². The van der Waals surface area contributed by atoms with Gasteiger partial charge in [-0.2, -0.15) is 0 Å². The molecule has 148 valence electrons. The zero-order valence-corrected chi connectivity index (χ0v) is 17.7. The van der Waals surface area contributed by atoms with Gasteiger partial charge >= 0.3 is 0 Å². The van der Waals surface area contributed by atoms with E-state index in [0.29, 0.717) is 24.7 Å². The minimum atomic E-state index is 0.0222. The summed E-state index contributed by atoms with van der Waals surface area (Å²) >= 11 is 3.37. The first-order chi connectivity index (χ1) is 13.6. The second-order valence-corrected chi connectivity index (χ2v) is 8.37. The highest BCUT2D eigenvalue weighted by molar-refractivity contribution is 9.10. The van der Waals surface area contributed by atoms with Crippen molar-refractivity contribution in [1.29, 1.82) is 0 Å². The number of rotatable bonds is 3. The second-order valence-electron chi connectivity index (χ2n) is 7.46. The smallest absolute Gasteiger partial charge is 0.255 e. The van der Waals surface area contributed by atoms with Gasteiger partial charge in [0.2, 0.25) is 0 Å². The Kier molecular flexibility index (Phi) is 5.75. The van der Waals surface area contributed by atoms with Crippen molar-refractivity contribution in [3.63, 3.8) is 0 Å². The van der Waals surface area contributed by atoms with Gasteiger partial charge in [-0.15, -0.1) is 10.2 Å². The summed E-state index contributed by atoms with van der Waals surface area (Å²) in [7, 11) is 0. The molecular weight excluding hydrogens is 420 g/mol. The fourth-order valence-corrected chi connectivity index (χ4v) is 4.29. The Morgan fingerprint density at radius 2 is 1.79 bits per heavy atom. The van der Waals surface area contributed by atoms with Crippen molar-refractivity contribution in [3.05, 3.63) is 40.6 Å². The lowest BCUT2D eigenvalue weighted by molar-refractivity contribution is 0.0746. The molecule has 28 heavy (non-hydrogen) atoms. The largest absolute Gasteiger partial charge is 0.352 e. The number of piperazine rings is 1. The Labute approximate surface area is 173 Å². The molecule has 8 heteroatoms. The van der Waals surface area contributed by atoms with Crippen LogP contribution in [-0.4, -0.2) is 64.8 Å². The molecule has 4 rings (SSSR count). The van der Waals surface area contributed by atoms with Gasteiger partial charge in [0.25, 0.3) is 5.91 Å². The first-order valence-corrected chi connectivity index (χ1v) is 10.7. The summed E-state index contributed by atoms with van der Waals surface area (Å²) in [5.41, 5.74) is 0.614. The standard InChI is InChI=1S/C20H25BrN6O/c1-15-4-2-3-7-27(15)19-6-5-18(23-24-19)25-8-10-26(11-9-25)20(28)16-12-17(21)14-22-13-16/h5-6,12-15H,2-4,7-11H2,1H3. The highest BCUT2D eigenvalue weighted by Gasteiger charge is 2.24. The maximum atomic E-state index is 12.7. The highest BCUT2D eigenvalue weighted by Crippen LogP contribution is 2.24. The Morgan fingerprint density at radius 3 is 2.46 bits per heavy atom. The van der Waals surface area contributed by atoms with E-state index in [1.165, 1.54) is 19.3 Å². The number of aromatic nitrogens is 3. The molecule has 4 heterocycles. The maximum absolute atomic E-state index is 12.7. The van der Waals surface area contributed by atoms with E-state index in [1.807, 2.05) is 11.0 Å². The number of hydrogen-bond donors (Lipinski definition) is 0. The fraction of sp³-hybridized carbons (Fsp3) is 0.500. The molecule has 0 radical (unpaired) electrons. The molecule has 1 atom stereocenters. The van der Waals surface area contributed by atoms with Crippen LogP contribution in [-0.2, 0) is 0 Å². The van der Waals surface area contributed by atoms with E-state index < -0.39 is 0 Å². The molecule has 0 N–H and O–H groups in total. The molecule has 2 aromatic heterocycles. The molecule has 2 aromatic rings. The first kappa shape index (κ1) is 19.1. The van der Waals surface area contributed by atoms with Gasteiger partial charge in [0.15, 0.2) is 11.6 Å². The second kappa shape index (κ2) is 8.43. The summed E-state index contributed by atoms with van der Waals surface area (Å²) in [5, 5.41) is 8.95. The van der Waals surface area contributed by atoms with Crippen LogP contribution in [0.3, 0.4) is 0 Å². The van der Waals surface area contributed by atoms with Crippen LogP contribution in [0.25, 0.3) is 0 Å². The van der Waals surface area contributed by atoms with Crippen molar-refractivity contribution in [1.82, 2.24) is 20.1 Å². The number of carbonyl (C=O) groups excluding carboxylic acids is 1. The van der Waals surface area contributed by atoms with E-state index in [0.717, 1.165) is 35.7 Å². The van der Waals surface area contributed by atoms with Crippen molar-refractivity contribution in [2.24, 2.45) is 0 Å². The molecule has 2 fully saturated rings. The Morgan fingerprint density at radius 1 is 1.04 bits per heavy atom. The average molecular weight is 445 g/mol. The van der Waals surface area contributed by atoms with Gasteiger partial charge in [-0.3, -0.25) is 9.78 Å². The van der Waals surface area contributed by atoms with Crippen molar-refractivity contribution >= 4 is 33.5 Å². The van der Waals surface area contributed by atoms with E-state index >= 15 is 0 Å². The van der Waals surface area contributed by atoms with E-state index in [2.05, 4.69) is 60.0 Å². The third kappa shape index (κ3) is 4.11. The van der Waals surface area contributed by atoms with Crippen LogP contribution in [0, 0.1) is 0 Å². The van der Waals surface area contributed by atoms with Crippen molar-refractivity contribution in [2.75, 3.05) is 42.5 Å². The van der Waals surface area contributed by atoms with Gasteiger partial charge in [0, 0.05) is 55.6 Å². The minimum Gasteiger partial charge on any atom is -0.352 e. The highest BCUT2D eigenvalue weighted by atomic mass is 79.9. The van der Waals surface area contributed by atoms with Crippen molar-refractivity contribution in [2.45, 2.75) is 32.2 Å². The number of hydrogen-bond acceptors (Lipinski definition) is 6. The van der Waals surface area contributed by atoms with Crippen LogP contribution in [0.15, 0.2) is 35.1 Å². The van der Waals surface area contributed by atoms with E-state index in [9.17, 15) is 4.79 Å². The summed E-state index contributed by atoms with van der Waals surface area (Å²) in [6.45, 7) is 6.14. The predicted molar refractivity (Wildman–Crippen MR) is 113 cm³/mol. The van der Waals surface area contributed by atoms with Gasteiger partial charge in [-0.25, -0.2) is 0 Å². The molecule has 2 aliphatic heterocycles. The molecule has 1 unspecified atom stereocenters. The van der Waals surface area contributed by atoms with Crippen LogP contribution in [0.5, 0.6) is 0 Å². The topological polar surface area (TPSA) is 65.5 Å². The minimum absolute atomic E-state index is 0.0222. The SMILES string of the molecule is CC1CCCCN1c1ccc(N2CCN(C(=O)c3cncc(Br)c3)CC2)nn1. The number of carbonyl (C=O) groups is 1. The van der Waals surface area contributed by atoms with Crippen LogP contribution in [0.4, 0.5) is 11.6 Å². The summed E-state index contributed by atoms with van der Waals surface area (Å²) in [5.74, 6) is 1.87. The maximum Gasteiger partial charge on any atom is 0.255 e. The molecule has 0 spiro atoms. The molecule has 2 saturated heterocycles. The molecule has 0 saturated carbocycles. The van der Waals surface area contributed by atoms with Crippen LogP contribution < -0.4 is 9.80 Å². The van der Waals surface area contributed by atoms with Gasteiger partial charge in [-0.05, 0) is 60.3 Å². The Bertz CT molecular complexity index is 822. The van der Waals surface area contributed by atoms with Crippen LogP contribution >= 0.6 is 15.9 Å². The van der Waals surface area contributed by atoms with Crippen LogP contribution in [0.1, 0.15) is 36.5 Å². The zero-order chi connectivity index (χ0) is 19.5. The normalized spacial score (nSPS) is 20.4. The molecule has 7 nitrogen and oxygen atoms in total. The number of anilines is 2. The predicted octanol–water partition coefficient (Wildman–Crippen LogP) is 2.98. The number of pyridine rings is 1. The molecule has 0 bridgehead atoms. The third-order valence-corrected chi connectivity index (χ3v) is 6.01. The summed E-state index contributed by atoms with van der Waals surface area (Å²) in [6.07, 6.45) is 7.03. The number of nitrogens with zero attached hydrogens (tertiary/aromatic N) is 6. The quantitative estimate of drug-likeness (QED) is 0.724. The summed E-state index contributed by atoms with van der Waals surface area (Å²) < 4.78 is 0.815. The summed E-state index contributed by atoms with van der Waals surface area (Å²) in [6, 6.07) is 6.47. The lowest BCUT2D eigenvalue weighted by atomic mass is 10.0. The Hall–Kier alpha value is -2.22. The van der Waals surface area contributed by atoms with E-state index in [1.54, 1.807) is 12.4 Å². The van der Waals surface area contributed by atoms with Gasteiger partial charge in [0.05, 0.1) is 5.56 Å². The molecule has 1 amide bonds.